The Hall–Kier alpha value is -1.33. The van der Waals surface area contributed by atoms with E-state index >= 15 is 0 Å². The summed E-state index contributed by atoms with van der Waals surface area (Å²) in [4.78, 5) is 10.8. The molecule has 0 amide bonds. The Balaban J connectivity index is 2.19. The SMILES string of the molecule is CCCOCCCNCc1cc(C)c(C(=O)O)o1. The summed E-state index contributed by atoms with van der Waals surface area (Å²) in [6, 6.07) is 1.75. The molecule has 1 aromatic rings. The first-order valence-electron chi connectivity index (χ1n) is 6.26. The van der Waals surface area contributed by atoms with Crippen molar-refractivity contribution in [3.05, 3.63) is 23.2 Å². The highest BCUT2D eigenvalue weighted by Gasteiger charge is 2.13. The van der Waals surface area contributed by atoms with Crippen LogP contribution in [0.3, 0.4) is 0 Å². The summed E-state index contributed by atoms with van der Waals surface area (Å²) in [5.74, 6) is -0.343. The van der Waals surface area contributed by atoms with Gasteiger partial charge in [-0.05, 0) is 32.4 Å². The van der Waals surface area contributed by atoms with E-state index in [1.807, 2.05) is 0 Å². The molecule has 2 N–H and O–H groups in total. The second-order valence-electron chi connectivity index (χ2n) is 4.17. The van der Waals surface area contributed by atoms with Crippen LogP contribution < -0.4 is 5.32 Å². The van der Waals surface area contributed by atoms with Crippen LogP contribution in [0.4, 0.5) is 0 Å². The van der Waals surface area contributed by atoms with Crippen molar-refractivity contribution in [2.45, 2.75) is 33.2 Å². The summed E-state index contributed by atoms with van der Waals surface area (Å²) in [7, 11) is 0. The topological polar surface area (TPSA) is 71.7 Å². The standard InChI is InChI=1S/C13H21NO4/c1-3-6-17-7-4-5-14-9-11-8-10(2)12(18-11)13(15)16/h8,14H,3-7,9H2,1-2H3,(H,15,16). The summed E-state index contributed by atoms with van der Waals surface area (Å²) < 4.78 is 10.6. The minimum Gasteiger partial charge on any atom is -0.475 e. The summed E-state index contributed by atoms with van der Waals surface area (Å²) in [6.45, 7) is 6.73. The van der Waals surface area contributed by atoms with Crippen molar-refractivity contribution < 1.29 is 19.1 Å². The molecule has 5 nitrogen and oxygen atoms in total. The Morgan fingerprint density at radius 3 is 2.89 bits per heavy atom. The lowest BCUT2D eigenvalue weighted by Crippen LogP contribution is -2.16. The Labute approximate surface area is 107 Å². The van der Waals surface area contributed by atoms with Crippen LogP contribution in [-0.2, 0) is 11.3 Å². The van der Waals surface area contributed by atoms with Crippen molar-refractivity contribution in [1.82, 2.24) is 5.32 Å². The molecule has 0 atom stereocenters. The quantitative estimate of drug-likeness (QED) is 0.662. The molecule has 0 spiro atoms. The maximum absolute atomic E-state index is 10.8. The van der Waals surface area contributed by atoms with Crippen LogP contribution in [0, 0.1) is 6.92 Å². The molecular formula is C13H21NO4. The van der Waals surface area contributed by atoms with E-state index in [2.05, 4.69) is 12.2 Å². The fourth-order valence-corrected chi connectivity index (χ4v) is 1.60. The third-order valence-electron chi connectivity index (χ3n) is 2.45. The number of aromatic carboxylic acids is 1. The minimum atomic E-state index is -1.02. The molecular weight excluding hydrogens is 234 g/mol. The van der Waals surface area contributed by atoms with Gasteiger partial charge in [0.2, 0.25) is 5.76 Å². The lowest BCUT2D eigenvalue weighted by atomic mass is 10.2. The van der Waals surface area contributed by atoms with E-state index in [1.165, 1.54) is 0 Å². The Morgan fingerprint density at radius 1 is 1.50 bits per heavy atom. The first-order chi connectivity index (χ1) is 8.65. The molecule has 0 fully saturated rings. The predicted octanol–water partition coefficient (Wildman–Crippen LogP) is 2.19. The van der Waals surface area contributed by atoms with Gasteiger partial charge < -0.3 is 19.6 Å². The number of rotatable bonds is 9. The third-order valence-corrected chi connectivity index (χ3v) is 2.45. The third kappa shape index (κ3) is 4.89. The van der Waals surface area contributed by atoms with E-state index in [4.69, 9.17) is 14.3 Å². The van der Waals surface area contributed by atoms with Gasteiger partial charge in [0.05, 0.1) is 6.54 Å². The monoisotopic (exact) mass is 255 g/mol. The minimum absolute atomic E-state index is 0.0260. The van der Waals surface area contributed by atoms with E-state index in [-0.39, 0.29) is 5.76 Å². The largest absolute Gasteiger partial charge is 0.475 e. The molecule has 0 saturated carbocycles. The lowest BCUT2D eigenvalue weighted by Gasteiger charge is -2.03. The summed E-state index contributed by atoms with van der Waals surface area (Å²) in [5, 5.41) is 12.0. The van der Waals surface area contributed by atoms with Gasteiger partial charge in [-0.25, -0.2) is 4.79 Å². The molecule has 0 saturated heterocycles. The zero-order valence-electron chi connectivity index (χ0n) is 11.0. The van der Waals surface area contributed by atoms with Crippen molar-refractivity contribution in [2.24, 2.45) is 0 Å². The van der Waals surface area contributed by atoms with Crippen LogP contribution >= 0.6 is 0 Å². The molecule has 0 aliphatic heterocycles. The van der Waals surface area contributed by atoms with E-state index in [0.29, 0.717) is 17.9 Å². The summed E-state index contributed by atoms with van der Waals surface area (Å²) in [5.41, 5.74) is 0.658. The molecule has 0 unspecified atom stereocenters. The van der Waals surface area contributed by atoms with E-state index in [0.717, 1.165) is 32.6 Å². The highest BCUT2D eigenvalue weighted by atomic mass is 16.5. The smallest absolute Gasteiger partial charge is 0.372 e. The molecule has 1 heterocycles. The van der Waals surface area contributed by atoms with Gasteiger partial charge in [-0.3, -0.25) is 0 Å². The van der Waals surface area contributed by atoms with Gasteiger partial charge >= 0.3 is 5.97 Å². The first-order valence-corrected chi connectivity index (χ1v) is 6.26. The second kappa shape index (κ2) is 7.89. The Kier molecular flexibility index (Phi) is 6.46. The summed E-state index contributed by atoms with van der Waals surface area (Å²) in [6.07, 6.45) is 1.97. The van der Waals surface area contributed by atoms with E-state index in [9.17, 15) is 4.79 Å². The first kappa shape index (κ1) is 14.7. The van der Waals surface area contributed by atoms with Crippen molar-refractivity contribution in [1.29, 1.82) is 0 Å². The van der Waals surface area contributed by atoms with Crippen LogP contribution in [-0.4, -0.2) is 30.8 Å². The van der Waals surface area contributed by atoms with Crippen molar-refractivity contribution in [3.8, 4) is 0 Å². The highest BCUT2D eigenvalue weighted by Crippen LogP contribution is 2.14. The fraction of sp³-hybridized carbons (Fsp3) is 0.615. The van der Waals surface area contributed by atoms with Gasteiger partial charge in [-0.1, -0.05) is 6.92 Å². The maximum Gasteiger partial charge on any atom is 0.372 e. The molecule has 5 heteroatoms. The van der Waals surface area contributed by atoms with Crippen molar-refractivity contribution in [3.63, 3.8) is 0 Å². The fourth-order valence-electron chi connectivity index (χ4n) is 1.60. The number of hydrogen-bond donors (Lipinski definition) is 2. The van der Waals surface area contributed by atoms with Crippen LogP contribution in [0.5, 0.6) is 0 Å². The Morgan fingerprint density at radius 2 is 2.28 bits per heavy atom. The zero-order chi connectivity index (χ0) is 13.4. The van der Waals surface area contributed by atoms with Gasteiger partial charge in [0.1, 0.15) is 5.76 Å². The maximum atomic E-state index is 10.8. The molecule has 0 aliphatic carbocycles. The molecule has 102 valence electrons. The second-order valence-corrected chi connectivity index (χ2v) is 4.17. The number of ether oxygens (including phenoxy) is 1. The zero-order valence-corrected chi connectivity index (χ0v) is 11.0. The number of hydrogen-bond acceptors (Lipinski definition) is 4. The number of carboxylic acids is 1. The van der Waals surface area contributed by atoms with Crippen molar-refractivity contribution >= 4 is 5.97 Å². The number of aryl methyl sites for hydroxylation is 1. The number of nitrogens with one attached hydrogen (secondary N) is 1. The number of carbonyl (C=O) groups is 1. The molecule has 0 aliphatic rings. The van der Waals surface area contributed by atoms with Crippen LogP contribution in [0.1, 0.15) is 41.6 Å². The summed E-state index contributed by atoms with van der Waals surface area (Å²) >= 11 is 0. The van der Waals surface area contributed by atoms with Gasteiger partial charge in [0, 0.05) is 18.8 Å². The molecule has 18 heavy (non-hydrogen) atoms. The molecule has 0 aromatic carbocycles. The number of furan rings is 1. The Bertz CT molecular complexity index is 373. The molecule has 1 aromatic heterocycles. The van der Waals surface area contributed by atoms with Crippen molar-refractivity contribution in [2.75, 3.05) is 19.8 Å². The number of carboxylic acid groups (broad SMARTS) is 1. The van der Waals surface area contributed by atoms with E-state index in [1.54, 1.807) is 13.0 Å². The van der Waals surface area contributed by atoms with Gasteiger partial charge in [0.15, 0.2) is 0 Å². The predicted molar refractivity (Wildman–Crippen MR) is 67.8 cm³/mol. The molecule has 1 rings (SSSR count). The normalized spacial score (nSPS) is 10.8. The van der Waals surface area contributed by atoms with Crippen LogP contribution in [0.2, 0.25) is 0 Å². The molecule has 0 radical (unpaired) electrons. The van der Waals surface area contributed by atoms with Gasteiger partial charge in [-0.2, -0.15) is 0 Å². The lowest BCUT2D eigenvalue weighted by molar-refractivity contribution is 0.0659. The molecule has 0 bridgehead atoms. The van der Waals surface area contributed by atoms with Gasteiger partial charge in [-0.15, -0.1) is 0 Å². The highest BCUT2D eigenvalue weighted by molar-refractivity contribution is 5.86. The van der Waals surface area contributed by atoms with Gasteiger partial charge in [0.25, 0.3) is 0 Å². The average Bonchev–Trinajstić information content (AvgIpc) is 2.69. The van der Waals surface area contributed by atoms with Crippen LogP contribution in [0.25, 0.3) is 0 Å². The average molecular weight is 255 g/mol. The van der Waals surface area contributed by atoms with E-state index < -0.39 is 5.97 Å². The van der Waals surface area contributed by atoms with Crippen LogP contribution in [0.15, 0.2) is 10.5 Å².